The van der Waals surface area contributed by atoms with Crippen molar-refractivity contribution < 1.29 is 17.9 Å². The molecule has 130 valence electrons. The molecule has 6 nitrogen and oxygen atoms in total. The predicted octanol–water partition coefficient (Wildman–Crippen LogP) is 3.20. The van der Waals surface area contributed by atoms with Crippen LogP contribution < -0.4 is 4.74 Å². The highest BCUT2D eigenvalue weighted by Crippen LogP contribution is 2.30. The minimum absolute atomic E-state index is 0.0570. The summed E-state index contributed by atoms with van der Waals surface area (Å²) in [5, 5.41) is 7.74. The molecule has 3 aromatic rings. The minimum Gasteiger partial charge on any atom is -0.457 e. The summed E-state index contributed by atoms with van der Waals surface area (Å²) in [6.07, 6.45) is 3.07. The van der Waals surface area contributed by atoms with Crippen LogP contribution in [0, 0.1) is 12.7 Å². The zero-order chi connectivity index (χ0) is 18.0. The number of ether oxygens (including phenoxy) is 1. The van der Waals surface area contributed by atoms with Gasteiger partial charge in [-0.25, -0.2) is 27.8 Å². The Morgan fingerprint density at radius 1 is 1.24 bits per heavy atom. The molecule has 3 rings (SSSR count). The van der Waals surface area contributed by atoms with Gasteiger partial charge >= 0.3 is 6.01 Å². The van der Waals surface area contributed by atoms with E-state index < -0.39 is 17.3 Å². The number of alkyl halides is 2. The Morgan fingerprint density at radius 2 is 2.04 bits per heavy atom. The van der Waals surface area contributed by atoms with E-state index in [2.05, 4.69) is 20.3 Å². The van der Waals surface area contributed by atoms with Crippen LogP contribution in [0.5, 0.6) is 6.01 Å². The molecule has 0 bridgehead atoms. The van der Waals surface area contributed by atoms with Gasteiger partial charge in [-0.15, -0.1) is 5.10 Å². The lowest BCUT2D eigenvalue weighted by atomic mass is 10.1. The monoisotopic (exact) mass is 349 g/mol. The number of halogens is 3. The molecule has 1 aromatic carbocycles. The highest BCUT2D eigenvalue weighted by Gasteiger charge is 2.28. The Labute approximate surface area is 141 Å². The van der Waals surface area contributed by atoms with Gasteiger partial charge in [0.25, 0.3) is 5.92 Å². The largest absolute Gasteiger partial charge is 0.457 e. The highest BCUT2D eigenvalue weighted by molar-refractivity contribution is 5.37. The van der Waals surface area contributed by atoms with Gasteiger partial charge in [0.15, 0.2) is 0 Å². The van der Waals surface area contributed by atoms with E-state index in [0.717, 1.165) is 17.8 Å². The summed E-state index contributed by atoms with van der Waals surface area (Å²) in [7, 11) is 0. The molecule has 0 aliphatic rings. The van der Waals surface area contributed by atoms with Crippen LogP contribution in [0.3, 0.4) is 0 Å². The molecule has 0 atom stereocenters. The van der Waals surface area contributed by atoms with Crippen LogP contribution in [-0.4, -0.2) is 25.0 Å². The van der Waals surface area contributed by atoms with Gasteiger partial charge in [-0.1, -0.05) is 5.21 Å². The van der Waals surface area contributed by atoms with Crippen molar-refractivity contribution in [1.29, 1.82) is 0 Å². The summed E-state index contributed by atoms with van der Waals surface area (Å²) in [6, 6.07) is 5.29. The number of rotatable bonds is 5. The molecule has 2 aromatic heterocycles. The summed E-state index contributed by atoms with van der Waals surface area (Å²) in [4.78, 5) is 8.04. The molecule has 0 amide bonds. The topological polar surface area (TPSA) is 65.7 Å². The first-order valence-electron chi connectivity index (χ1n) is 7.35. The van der Waals surface area contributed by atoms with Gasteiger partial charge in [0.1, 0.15) is 18.1 Å². The molecule has 0 aliphatic carbocycles. The highest BCUT2D eigenvalue weighted by atomic mass is 19.3. The van der Waals surface area contributed by atoms with Crippen LogP contribution >= 0.6 is 0 Å². The first-order valence-corrected chi connectivity index (χ1v) is 7.35. The van der Waals surface area contributed by atoms with Crippen molar-refractivity contribution >= 4 is 0 Å². The van der Waals surface area contributed by atoms with E-state index in [9.17, 15) is 13.2 Å². The normalized spacial score (nSPS) is 11.6. The Balaban J connectivity index is 1.77. The quantitative estimate of drug-likeness (QED) is 0.708. The van der Waals surface area contributed by atoms with E-state index in [1.54, 1.807) is 19.2 Å². The Hall–Kier alpha value is -2.97. The summed E-state index contributed by atoms with van der Waals surface area (Å²) in [6.45, 7) is 2.50. The fraction of sp³-hybridized carbons (Fsp3) is 0.250. The summed E-state index contributed by atoms with van der Waals surface area (Å²) in [5.74, 6) is -4.27. The molecule has 0 unspecified atom stereocenters. The second-order valence-electron chi connectivity index (χ2n) is 5.48. The second kappa shape index (κ2) is 6.50. The fourth-order valence-corrected chi connectivity index (χ4v) is 2.12. The SMILES string of the molecule is Cc1ccnc(OCc2cn(-c3ccc(F)c(C(C)(F)F)c3)nn2)n1. The minimum atomic E-state index is -3.30. The third-order valence-electron chi connectivity index (χ3n) is 3.35. The molecule has 9 heteroatoms. The zero-order valence-corrected chi connectivity index (χ0v) is 13.4. The van der Waals surface area contributed by atoms with E-state index in [0.29, 0.717) is 12.6 Å². The molecular weight excluding hydrogens is 335 g/mol. The third kappa shape index (κ3) is 3.93. The number of aromatic nitrogens is 5. The second-order valence-corrected chi connectivity index (χ2v) is 5.48. The maximum atomic E-state index is 13.6. The summed E-state index contributed by atoms with van der Waals surface area (Å²) in [5.41, 5.74) is 0.766. The third-order valence-corrected chi connectivity index (χ3v) is 3.35. The number of hydrogen-bond acceptors (Lipinski definition) is 5. The van der Waals surface area contributed by atoms with Crippen molar-refractivity contribution in [3.8, 4) is 11.7 Å². The summed E-state index contributed by atoms with van der Waals surface area (Å²) >= 11 is 0. The van der Waals surface area contributed by atoms with Crippen molar-refractivity contribution in [2.45, 2.75) is 26.4 Å². The number of benzene rings is 1. The molecule has 0 saturated heterocycles. The Kier molecular flexibility index (Phi) is 4.39. The maximum Gasteiger partial charge on any atom is 0.316 e. The van der Waals surface area contributed by atoms with Crippen LogP contribution in [0.15, 0.2) is 36.7 Å². The lowest BCUT2D eigenvalue weighted by Crippen LogP contribution is -2.11. The van der Waals surface area contributed by atoms with Gasteiger partial charge in [0, 0.05) is 18.8 Å². The van der Waals surface area contributed by atoms with Crippen LogP contribution in [-0.2, 0) is 12.5 Å². The van der Waals surface area contributed by atoms with Crippen molar-refractivity contribution in [2.75, 3.05) is 0 Å². The fourth-order valence-electron chi connectivity index (χ4n) is 2.12. The Bertz CT molecular complexity index is 891. The molecule has 2 heterocycles. The van der Waals surface area contributed by atoms with E-state index in [1.165, 1.54) is 16.9 Å². The number of nitrogens with zero attached hydrogens (tertiary/aromatic N) is 5. The van der Waals surface area contributed by atoms with E-state index in [-0.39, 0.29) is 18.3 Å². The van der Waals surface area contributed by atoms with Crippen LogP contribution in [0.2, 0.25) is 0 Å². The van der Waals surface area contributed by atoms with Gasteiger partial charge in [0.2, 0.25) is 0 Å². The van der Waals surface area contributed by atoms with E-state index in [4.69, 9.17) is 4.74 Å². The molecule has 0 radical (unpaired) electrons. The number of aryl methyl sites for hydroxylation is 1. The molecule has 0 aliphatic heterocycles. The molecule has 0 fully saturated rings. The standard InChI is InChI=1S/C16H14F3N5O/c1-10-5-6-20-15(21-10)25-9-11-8-24(23-22-11)12-3-4-14(17)13(7-12)16(2,18)19/h3-8H,9H2,1-2H3. The zero-order valence-electron chi connectivity index (χ0n) is 13.4. The van der Waals surface area contributed by atoms with Gasteiger partial charge < -0.3 is 4.74 Å². The molecule has 0 spiro atoms. The van der Waals surface area contributed by atoms with Crippen LogP contribution in [0.25, 0.3) is 5.69 Å². The molecular formula is C16H14F3N5O. The molecule has 0 saturated carbocycles. The average Bonchev–Trinajstić information content (AvgIpc) is 3.01. The Morgan fingerprint density at radius 3 is 2.76 bits per heavy atom. The molecule has 25 heavy (non-hydrogen) atoms. The van der Waals surface area contributed by atoms with Gasteiger partial charge in [-0.3, -0.25) is 0 Å². The van der Waals surface area contributed by atoms with Gasteiger partial charge in [-0.2, -0.15) is 0 Å². The van der Waals surface area contributed by atoms with E-state index in [1.807, 2.05) is 0 Å². The van der Waals surface area contributed by atoms with Crippen LogP contribution in [0.1, 0.15) is 23.9 Å². The van der Waals surface area contributed by atoms with Crippen molar-refractivity contribution in [3.05, 3.63) is 59.4 Å². The lowest BCUT2D eigenvalue weighted by Gasteiger charge is -2.12. The van der Waals surface area contributed by atoms with Gasteiger partial charge in [-0.05, 0) is 31.2 Å². The molecule has 0 N–H and O–H groups in total. The van der Waals surface area contributed by atoms with Gasteiger partial charge in [0.05, 0.1) is 17.4 Å². The summed E-state index contributed by atoms with van der Waals surface area (Å²) < 4.78 is 47.1. The first kappa shape index (κ1) is 16.9. The van der Waals surface area contributed by atoms with Crippen molar-refractivity contribution in [1.82, 2.24) is 25.0 Å². The van der Waals surface area contributed by atoms with E-state index >= 15 is 0 Å². The van der Waals surface area contributed by atoms with Crippen molar-refractivity contribution in [2.24, 2.45) is 0 Å². The first-order chi connectivity index (χ1) is 11.8. The number of hydrogen-bond donors (Lipinski definition) is 0. The van der Waals surface area contributed by atoms with Crippen LogP contribution in [0.4, 0.5) is 13.2 Å². The smallest absolute Gasteiger partial charge is 0.316 e. The lowest BCUT2D eigenvalue weighted by molar-refractivity contribution is 0.0137. The van der Waals surface area contributed by atoms with Crippen molar-refractivity contribution in [3.63, 3.8) is 0 Å². The average molecular weight is 349 g/mol. The predicted molar refractivity (Wildman–Crippen MR) is 82.0 cm³/mol. The maximum absolute atomic E-state index is 13.6.